The van der Waals surface area contributed by atoms with Gasteiger partial charge in [-0.1, -0.05) is 42.8 Å². The van der Waals surface area contributed by atoms with E-state index in [1.807, 2.05) is 20.8 Å². The number of hydrogen-bond donors (Lipinski definition) is 0. The Balaban J connectivity index is 2.04. The number of benzene rings is 1. The van der Waals surface area contributed by atoms with Gasteiger partial charge in [0.2, 0.25) is 8.32 Å². The highest BCUT2D eigenvalue weighted by atomic mass is 79.9. The smallest absolute Gasteiger partial charge is 0.410 e. The first-order chi connectivity index (χ1) is 13.2. The van der Waals surface area contributed by atoms with Crippen molar-refractivity contribution in [1.29, 1.82) is 0 Å². The number of hydrogen-bond acceptors (Lipinski definition) is 4. The number of ether oxygens (including phenoxy) is 1. The van der Waals surface area contributed by atoms with Gasteiger partial charge in [0.1, 0.15) is 11.4 Å². The van der Waals surface area contributed by atoms with Crippen LogP contribution in [0.3, 0.4) is 0 Å². The lowest BCUT2D eigenvalue weighted by Gasteiger charge is -2.38. The Labute approximate surface area is 186 Å². The minimum atomic E-state index is -1.92. The molecule has 1 aliphatic heterocycles. The molecule has 0 aliphatic carbocycles. The van der Waals surface area contributed by atoms with E-state index < -0.39 is 13.9 Å². The van der Waals surface area contributed by atoms with Gasteiger partial charge in [-0.15, -0.1) is 0 Å². The van der Waals surface area contributed by atoms with Gasteiger partial charge in [-0.2, -0.15) is 0 Å². The third kappa shape index (κ3) is 7.00. The van der Waals surface area contributed by atoms with Crippen LogP contribution in [-0.4, -0.2) is 56.0 Å². The monoisotopic (exact) mass is 484 g/mol. The highest BCUT2D eigenvalue weighted by molar-refractivity contribution is 9.10. The fraction of sp³-hybridized carbons (Fsp3) is 0.682. The van der Waals surface area contributed by atoms with Crippen molar-refractivity contribution in [3.8, 4) is 5.75 Å². The molecule has 1 aromatic rings. The first-order valence-corrected chi connectivity index (χ1v) is 14.1. The van der Waals surface area contributed by atoms with Gasteiger partial charge < -0.3 is 14.1 Å². The Morgan fingerprint density at radius 3 is 2.17 bits per heavy atom. The Bertz CT molecular complexity index is 718. The van der Waals surface area contributed by atoms with E-state index in [0.717, 1.165) is 29.9 Å². The van der Waals surface area contributed by atoms with Crippen LogP contribution in [0.4, 0.5) is 4.79 Å². The van der Waals surface area contributed by atoms with Crippen LogP contribution in [0.2, 0.25) is 18.1 Å². The lowest BCUT2D eigenvalue weighted by Crippen LogP contribution is -2.49. The molecule has 1 saturated heterocycles. The van der Waals surface area contributed by atoms with Gasteiger partial charge in [0.25, 0.3) is 0 Å². The third-order valence-corrected chi connectivity index (χ3v) is 10.5. The number of rotatable bonds is 4. The number of piperazine rings is 1. The molecule has 1 amide bonds. The second-order valence-corrected chi connectivity index (χ2v) is 16.0. The van der Waals surface area contributed by atoms with Crippen LogP contribution in [0.15, 0.2) is 22.7 Å². The summed E-state index contributed by atoms with van der Waals surface area (Å²) in [6, 6.07) is 6.31. The van der Waals surface area contributed by atoms with Gasteiger partial charge in [0.15, 0.2) is 0 Å². The quantitative estimate of drug-likeness (QED) is 0.499. The number of halogens is 1. The average Bonchev–Trinajstić information content (AvgIpc) is 2.55. The summed E-state index contributed by atoms with van der Waals surface area (Å²) < 4.78 is 13.2. The van der Waals surface area contributed by atoms with Crippen LogP contribution < -0.4 is 4.43 Å². The van der Waals surface area contributed by atoms with E-state index in [9.17, 15) is 4.79 Å². The lowest BCUT2D eigenvalue weighted by molar-refractivity contribution is 0.0138. The first-order valence-electron chi connectivity index (χ1n) is 10.4. The maximum absolute atomic E-state index is 12.3. The van der Waals surface area contributed by atoms with Crippen molar-refractivity contribution in [1.82, 2.24) is 9.80 Å². The van der Waals surface area contributed by atoms with Crippen molar-refractivity contribution in [2.75, 3.05) is 26.2 Å². The molecular weight excluding hydrogens is 448 g/mol. The molecule has 7 heteroatoms. The second kappa shape index (κ2) is 8.98. The molecule has 164 valence electrons. The predicted octanol–water partition coefficient (Wildman–Crippen LogP) is 5.89. The number of carbonyl (C=O) groups excluding carboxylic acids is 1. The summed E-state index contributed by atoms with van der Waals surface area (Å²) in [6.07, 6.45) is -0.220. The van der Waals surface area contributed by atoms with E-state index in [4.69, 9.17) is 9.16 Å². The highest BCUT2D eigenvalue weighted by Gasteiger charge is 2.39. The molecule has 0 N–H and O–H groups in total. The zero-order valence-electron chi connectivity index (χ0n) is 19.3. The normalized spacial score (nSPS) is 16.7. The molecule has 1 fully saturated rings. The molecule has 1 heterocycles. The zero-order valence-corrected chi connectivity index (χ0v) is 21.9. The summed E-state index contributed by atoms with van der Waals surface area (Å²) >= 11 is 3.59. The van der Waals surface area contributed by atoms with E-state index in [-0.39, 0.29) is 11.1 Å². The van der Waals surface area contributed by atoms with Crippen LogP contribution >= 0.6 is 15.9 Å². The van der Waals surface area contributed by atoms with Crippen molar-refractivity contribution < 1.29 is 14.0 Å². The van der Waals surface area contributed by atoms with Gasteiger partial charge in [-0.3, -0.25) is 4.90 Å². The first kappa shape index (κ1) is 24.2. The topological polar surface area (TPSA) is 42.0 Å². The van der Waals surface area contributed by atoms with E-state index in [1.165, 1.54) is 5.56 Å². The largest absolute Gasteiger partial charge is 0.543 e. The van der Waals surface area contributed by atoms with E-state index in [0.29, 0.717) is 13.1 Å². The molecule has 0 aromatic heterocycles. The Hall–Kier alpha value is -1.05. The van der Waals surface area contributed by atoms with Gasteiger partial charge in [0, 0.05) is 42.8 Å². The predicted molar refractivity (Wildman–Crippen MR) is 125 cm³/mol. The molecule has 29 heavy (non-hydrogen) atoms. The number of amides is 1. The molecule has 0 bridgehead atoms. The van der Waals surface area contributed by atoms with E-state index in [1.54, 1.807) is 4.90 Å². The lowest BCUT2D eigenvalue weighted by atomic mass is 10.1. The molecule has 0 spiro atoms. The molecule has 0 radical (unpaired) electrons. The van der Waals surface area contributed by atoms with Gasteiger partial charge >= 0.3 is 6.09 Å². The fourth-order valence-corrected chi connectivity index (χ4v) is 4.22. The summed E-state index contributed by atoms with van der Waals surface area (Å²) in [4.78, 5) is 16.5. The summed E-state index contributed by atoms with van der Waals surface area (Å²) in [5.41, 5.74) is 0.741. The summed E-state index contributed by atoms with van der Waals surface area (Å²) in [6.45, 7) is 20.9. The number of carbonyl (C=O) groups is 1. The van der Waals surface area contributed by atoms with Gasteiger partial charge in [-0.05, 0) is 51.0 Å². The van der Waals surface area contributed by atoms with E-state index in [2.05, 4.69) is 72.9 Å². The molecule has 2 rings (SSSR count). The van der Waals surface area contributed by atoms with Crippen LogP contribution in [0.1, 0.15) is 47.1 Å². The van der Waals surface area contributed by atoms with Crippen LogP contribution in [0.25, 0.3) is 0 Å². The minimum Gasteiger partial charge on any atom is -0.543 e. The molecule has 1 aliphatic rings. The standard InChI is InChI=1S/C22H37BrN2O3Si/c1-21(2,3)27-20(26)25-13-11-24(12-14-25)16-17-9-10-18(23)15-19(17)28-29(7,8)22(4,5)6/h9-10,15H,11-14,16H2,1-8H3. The Kier molecular flexibility index (Phi) is 7.50. The SMILES string of the molecule is CC(C)(C)OC(=O)N1CCN(Cc2ccc(Br)cc2O[Si](C)(C)C(C)(C)C)CC1. The molecular formula is C22H37BrN2O3Si. The van der Waals surface area contributed by atoms with Crippen LogP contribution in [-0.2, 0) is 11.3 Å². The maximum atomic E-state index is 12.3. The molecule has 0 saturated carbocycles. The van der Waals surface area contributed by atoms with Crippen molar-refractivity contribution >= 4 is 30.3 Å². The van der Waals surface area contributed by atoms with Crippen molar-refractivity contribution in [3.05, 3.63) is 28.2 Å². The second-order valence-electron chi connectivity index (χ2n) is 10.4. The van der Waals surface area contributed by atoms with Crippen LogP contribution in [0.5, 0.6) is 5.75 Å². The van der Waals surface area contributed by atoms with Crippen molar-refractivity contribution in [2.24, 2.45) is 0 Å². The van der Waals surface area contributed by atoms with Gasteiger partial charge in [0.05, 0.1) is 0 Å². The molecule has 1 aromatic carbocycles. The Morgan fingerprint density at radius 2 is 1.66 bits per heavy atom. The summed E-state index contributed by atoms with van der Waals surface area (Å²) in [5, 5.41) is 0.144. The molecule has 0 unspecified atom stereocenters. The van der Waals surface area contributed by atoms with Crippen molar-refractivity contribution in [3.63, 3.8) is 0 Å². The summed E-state index contributed by atoms with van der Waals surface area (Å²) in [5.74, 6) is 0.973. The van der Waals surface area contributed by atoms with E-state index >= 15 is 0 Å². The molecule has 5 nitrogen and oxygen atoms in total. The third-order valence-electron chi connectivity index (χ3n) is 5.62. The average molecular weight is 486 g/mol. The Morgan fingerprint density at radius 1 is 1.07 bits per heavy atom. The van der Waals surface area contributed by atoms with Crippen LogP contribution in [0, 0.1) is 0 Å². The number of nitrogens with zero attached hydrogens (tertiary/aromatic N) is 2. The van der Waals surface area contributed by atoms with Gasteiger partial charge in [-0.25, -0.2) is 4.79 Å². The zero-order chi connectivity index (χ0) is 22.0. The fourth-order valence-electron chi connectivity index (χ4n) is 2.84. The maximum Gasteiger partial charge on any atom is 0.410 e. The van der Waals surface area contributed by atoms with Crippen molar-refractivity contribution in [2.45, 2.75) is 71.8 Å². The highest BCUT2D eigenvalue weighted by Crippen LogP contribution is 2.39. The minimum absolute atomic E-state index is 0.144. The summed E-state index contributed by atoms with van der Waals surface area (Å²) in [7, 11) is -1.92. The molecule has 0 atom stereocenters.